The summed E-state index contributed by atoms with van der Waals surface area (Å²) in [6.45, 7) is 0. The highest BCUT2D eigenvalue weighted by Gasteiger charge is 2.27. The zero-order valence-corrected chi connectivity index (χ0v) is 19.1. The molecule has 3 rings (SSSR count). The maximum absolute atomic E-state index is 13.4. The quantitative estimate of drug-likeness (QED) is 0.474. The lowest BCUT2D eigenvalue weighted by Gasteiger charge is -2.19. The van der Waals surface area contributed by atoms with E-state index in [1.54, 1.807) is 24.3 Å². The zero-order chi connectivity index (χ0) is 23.3. The van der Waals surface area contributed by atoms with Crippen LogP contribution in [0, 0.1) is 5.82 Å². The molecule has 0 fully saturated rings. The largest absolute Gasteiger partial charge is 0.495 e. The van der Waals surface area contributed by atoms with Crippen molar-refractivity contribution in [2.75, 3.05) is 12.4 Å². The van der Waals surface area contributed by atoms with E-state index in [9.17, 15) is 17.6 Å². The highest BCUT2D eigenvalue weighted by atomic mass is 35.5. The van der Waals surface area contributed by atoms with Crippen molar-refractivity contribution < 1.29 is 22.3 Å². The van der Waals surface area contributed by atoms with Crippen molar-refractivity contribution in [3.63, 3.8) is 0 Å². The molecule has 0 unspecified atom stereocenters. The smallest absolute Gasteiger partial charge is 0.242 e. The van der Waals surface area contributed by atoms with Gasteiger partial charge in [-0.2, -0.15) is 4.72 Å². The Hall–Kier alpha value is -2.65. The zero-order valence-electron chi connectivity index (χ0n) is 16.8. The molecule has 32 heavy (non-hydrogen) atoms. The first kappa shape index (κ1) is 24.0. The Balaban J connectivity index is 1.88. The molecule has 3 aromatic rings. The summed E-state index contributed by atoms with van der Waals surface area (Å²) < 4.78 is 46.9. The second-order valence-corrected chi connectivity index (χ2v) is 9.31. The molecular weight excluding hydrogens is 478 g/mol. The number of anilines is 1. The van der Waals surface area contributed by atoms with Crippen molar-refractivity contribution >= 4 is 44.8 Å². The summed E-state index contributed by atoms with van der Waals surface area (Å²) in [5.74, 6) is -0.959. The number of sulfonamides is 1. The van der Waals surface area contributed by atoms with E-state index in [2.05, 4.69) is 10.0 Å². The van der Waals surface area contributed by atoms with Crippen LogP contribution in [-0.4, -0.2) is 27.5 Å². The minimum atomic E-state index is -4.12. The molecule has 3 aromatic carbocycles. The van der Waals surface area contributed by atoms with Crippen LogP contribution in [0.2, 0.25) is 10.0 Å². The predicted molar refractivity (Wildman–Crippen MR) is 122 cm³/mol. The lowest BCUT2D eigenvalue weighted by molar-refractivity contribution is -0.117. The van der Waals surface area contributed by atoms with Crippen molar-refractivity contribution in [3.05, 3.63) is 88.2 Å². The van der Waals surface area contributed by atoms with Crippen LogP contribution in [0.4, 0.5) is 10.1 Å². The molecule has 1 atom stereocenters. The van der Waals surface area contributed by atoms with Gasteiger partial charge in [-0.1, -0.05) is 53.5 Å². The molecule has 0 aromatic heterocycles. The Kier molecular flexibility index (Phi) is 7.73. The van der Waals surface area contributed by atoms with Gasteiger partial charge in [0, 0.05) is 5.69 Å². The average Bonchev–Trinajstić information content (AvgIpc) is 2.76. The number of carbonyl (C=O) groups is 1. The molecule has 0 aliphatic rings. The molecule has 0 radical (unpaired) electrons. The first-order valence-electron chi connectivity index (χ1n) is 9.35. The molecular formula is C22H19Cl2FN2O4S. The summed E-state index contributed by atoms with van der Waals surface area (Å²) in [4.78, 5) is 12.8. The molecule has 0 saturated carbocycles. The number of hydrogen-bond donors (Lipinski definition) is 2. The second-order valence-electron chi connectivity index (χ2n) is 6.78. The van der Waals surface area contributed by atoms with Gasteiger partial charge in [-0.05, 0) is 48.4 Å². The number of amides is 1. The Morgan fingerprint density at radius 2 is 1.75 bits per heavy atom. The van der Waals surface area contributed by atoms with Gasteiger partial charge in [0.25, 0.3) is 0 Å². The third-order valence-electron chi connectivity index (χ3n) is 4.52. The van der Waals surface area contributed by atoms with Gasteiger partial charge in [-0.25, -0.2) is 12.8 Å². The Morgan fingerprint density at radius 1 is 1.03 bits per heavy atom. The predicted octanol–water partition coefficient (Wildman–Crippen LogP) is 4.67. The minimum Gasteiger partial charge on any atom is -0.495 e. The number of carbonyl (C=O) groups excluding carboxylic acids is 1. The van der Waals surface area contributed by atoms with E-state index in [0.29, 0.717) is 5.75 Å². The minimum absolute atomic E-state index is 0.0741. The monoisotopic (exact) mass is 496 g/mol. The summed E-state index contributed by atoms with van der Waals surface area (Å²) in [5, 5.41) is 2.51. The third kappa shape index (κ3) is 5.98. The van der Waals surface area contributed by atoms with Crippen LogP contribution >= 0.6 is 23.2 Å². The standard InChI is InChI=1S/C22H19Cl2FN2O4S/c1-31-21-10-8-16(13-18(21)24)32(29,30)27-20(11-14-5-3-2-4-6-14)22(28)26-15-7-9-19(25)17(23)12-15/h2-10,12-13,20,27H,11H2,1H3,(H,26,28)/t20-/m0/s1. The normalized spacial score (nSPS) is 12.2. The molecule has 0 saturated heterocycles. The molecule has 0 spiro atoms. The number of ether oxygens (including phenoxy) is 1. The van der Waals surface area contributed by atoms with Crippen LogP contribution in [0.3, 0.4) is 0 Å². The topological polar surface area (TPSA) is 84.5 Å². The first-order chi connectivity index (χ1) is 15.2. The number of halogens is 3. The van der Waals surface area contributed by atoms with Gasteiger partial charge < -0.3 is 10.1 Å². The van der Waals surface area contributed by atoms with Gasteiger partial charge in [0.05, 0.1) is 22.1 Å². The fourth-order valence-corrected chi connectivity index (χ4v) is 4.63. The van der Waals surface area contributed by atoms with Crippen molar-refractivity contribution in [1.29, 1.82) is 0 Å². The van der Waals surface area contributed by atoms with Crippen molar-refractivity contribution in [1.82, 2.24) is 4.72 Å². The molecule has 0 heterocycles. The van der Waals surface area contributed by atoms with E-state index < -0.39 is 27.8 Å². The summed E-state index contributed by atoms with van der Waals surface area (Å²) in [6.07, 6.45) is 0.0741. The van der Waals surface area contributed by atoms with E-state index in [4.69, 9.17) is 27.9 Å². The Morgan fingerprint density at radius 3 is 2.38 bits per heavy atom. The summed E-state index contributed by atoms with van der Waals surface area (Å²) in [5.41, 5.74) is 0.964. The fourth-order valence-electron chi connectivity index (χ4n) is 2.91. The van der Waals surface area contributed by atoms with Gasteiger partial charge in [0.1, 0.15) is 17.6 Å². The van der Waals surface area contributed by atoms with Crippen LogP contribution in [-0.2, 0) is 21.2 Å². The highest BCUT2D eigenvalue weighted by Crippen LogP contribution is 2.27. The van der Waals surface area contributed by atoms with Gasteiger partial charge in [-0.15, -0.1) is 0 Å². The first-order valence-corrected chi connectivity index (χ1v) is 11.6. The van der Waals surface area contributed by atoms with E-state index in [-0.39, 0.29) is 27.0 Å². The average molecular weight is 497 g/mol. The second kappa shape index (κ2) is 10.3. The van der Waals surface area contributed by atoms with Crippen molar-refractivity contribution in [3.8, 4) is 5.75 Å². The van der Waals surface area contributed by atoms with E-state index in [0.717, 1.165) is 11.6 Å². The number of methoxy groups -OCH3 is 1. The van der Waals surface area contributed by atoms with Crippen molar-refractivity contribution in [2.45, 2.75) is 17.4 Å². The van der Waals surface area contributed by atoms with Crippen LogP contribution in [0.5, 0.6) is 5.75 Å². The summed E-state index contributed by atoms with van der Waals surface area (Å²) in [6, 6.07) is 15.4. The maximum Gasteiger partial charge on any atom is 0.242 e. The molecule has 10 heteroatoms. The van der Waals surface area contributed by atoms with E-state index in [1.807, 2.05) is 6.07 Å². The highest BCUT2D eigenvalue weighted by molar-refractivity contribution is 7.89. The van der Waals surface area contributed by atoms with Crippen LogP contribution in [0.1, 0.15) is 5.56 Å². The third-order valence-corrected chi connectivity index (χ3v) is 6.57. The van der Waals surface area contributed by atoms with Gasteiger partial charge in [0.2, 0.25) is 15.9 Å². The lowest BCUT2D eigenvalue weighted by atomic mass is 10.1. The molecule has 1 amide bonds. The maximum atomic E-state index is 13.4. The van der Waals surface area contributed by atoms with Crippen LogP contribution in [0.15, 0.2) is 71.6 Å². The molecule has 168 valence electrons. The lowest BCUT2D eigenvalue weighted by Crippen LogP contribution is -2.45. The van der Waals surface area contributed by atoms with Gasteiger partial charge in [0.15, 0.2) is 0 Å². The summed E-state index contributed by atoms with van der Waals surface area (Å²) >= 11 is 11.8. The molecule has 0 aliphatic heterocycles. The Labute approximate surface area is 195 Å². The van der Waals surface area contributed by atoms with Crippen molar-refractivity contribution in [2.24, 2.45) is 0 Å². The molecule has 0 bridgehead atoms. The number of rotatable bonds is 8. The number of hydrogen-bond acceptors (Lipinski definition) is 4. The van der Waals surface area contributed by atoms with E-state index >= 15 is 0 Å². The van der Waals surface area contributed by atoms with E-state index in [1.165, 1.54) is 37.4 Å². The summed E-state index contributed by atoms with van der Waals surface area (Å²) in [7, 11) is -2.70. The van der Waals surface area contributed by atoms with Gasteiger partial charge >= 0.3 is 0 Å². The molecule has 6 nitrogen and oxygen atoms in total. The van der Waals surface area contributed by atoms with Gasteiger partial charge in [-0.3, -0.25) is 4.79 Å². The van der Waals surface area contributed by atoms with Crippen LogP contribution in [0.25, 0.3) is 0 Å². The van der Waals surface area contributed by atoms with Crippen LogP contribution < -0.4 is 14.8 Å². The Bertz CT molecular complexity index is 1220. The number of nitrogens with one attached hydrogen (secondary N) is 2. The fraction of sp³-hybridized carbons (Fsp3) is 0.136. The molecule has 0 aliphatic carbocycles. The molecule has 2 N–H and O–H groups in total. The SMILES string of the molecule is COc1ccc(S(=O)(=O)N[C@@H](Cc2ccccc2)C(=O)Nc2ccc(F)c(Cl)c2)cc1Cl. The number of benzene rings is 3.